The summed E-state index contributed by atoms with van der Waals surface area (Å²) in [5.41, 5.74) is 2.51. The van der Waals surface area contributed by atoms with E-state index < -0.39 is 0 Å². The van der Waals surface area contributed by atoms with Crippen molar-refractivity contribution in [2.45, 2.75) is 26.3 Å². The van der Waals surface area contributed by atoms with Gasteiger partial charge in [-0.1, -0.05) is 0 Å². The summed E-state index contributed by atoms with van der Waals surface area (Å²) in [7, 11) is 0. The summed E-state index contributed by atoms with van der Waals surface area (Å²) in [5.74, 6) is -0.317. The molecule has 3 rings (SSSR count). The molecule has 2 aliphatic rings. The molecule has 2 aliphatic heterocycles. The van der Waals surface area contributed by atoms with Crippen LogP contribution in [-0.2, 0) is 16.0 Å². The van der Waals surface area contributed by atoms with E-state index in [1.54, 1.807) is 11.0 Å². The Hall–Kier alpha value is -2.41. The van der Waals surface area contributed by atoms with Crippen LogP contribution in [0, 0.1) is 0 Å². The number of carbonyl (C=O) groups excluding carboxylic acids is 3. The molecule has 25 heavy (non-hydrogen) atoms. The van der Waals surface area contributed by atoms with Crippen molar-refractivity contribution >= 4 is 23.4 Å². The Labute approximate surface area is 147 Å². The first kappa shape index (κ1) is 17.4. The van der Waals surface area contributed by atoms with Gasteiger partial charge in [-0.05, 0) is 37.1 Å². The Bertz CT molecular complexity index is 704. The molecule has 1 atom stereocenters. The van der Waals surface area contributed by atoms with Crippen LogP contribution in [0.15, 0.2) is 18.2 Å². The molecule has 0 unspecified atom stereocenters. The number of nitrogens with zero attached hydrogens (tertiary/aromatic N) is 2. The monoisotopic (exact) mass is 344 g/mol. The van der Waals surface area contributed by atoms with E-state index in [0.717, 1.165) is 30.8 Å². The minimum absolute atomic E-state index is 0.00620. The van der Waals surface area contributed by atoms with Crippen molar-refractivity contribution in [1.82, 2.24) is 15.5 Å². The van der Waals surface area contributed by atoms with Crippen LogP contribution in [0.4, 0.5) is 5.69 Å². The number of hydrogen-bond donors (Lipinski definition) is 2. The molecule has 2 heterocycles. The Balaban J connectivity index is 1.74. The van der Waals surface area contributed by atoms with Gasteiger partial charge in [0.2, 0.25) is 11.8 Å². The zero-order valence-electron chi connectivity index (χ0n) is 14.7. The quantitative estimate of drug-likeness (QED) is 0.818. The molecule has 1 aromatic rings. The van der Waals surface area contributed by atoms with Gasteiger partial charge in [-0.2, -0.15) is 0 Å². The van der Waals surface area contributed by atoms with Crippen molar-refractivity contribution < 1.29 is 14.4 Å². The highest BCUT2D eigenvalue weighted by molar-refractivity contribution is 6.00. The number of hydrogen-bond acceptors (Lipinski definition) is 4. The number of rotatable bonds is 3. The van der Waals surface area contributed by atoms with Gasteiger partial charge in [-0.15, -0.1) is 0 Å². The SMILES string of the molecule is CC(=O)NCC(=O)N1CCc2cc(C(=O)N3CCNC[C@H]3C)ccc21. The zero-order chi connectivity index (χ0) is 18.0. The molecule has 0 aliphatic carbocycles. The lowest BCUT2D eigenvalue weighted by Crippen LogP contribution is -2.52. The van der Waals surface area contributed by atoms with Gasteiger partial charge in [0.05, 0.1) is 6.54 Å². The normalized spacial score (nSPS) is 19.5. The molecule has 0 spiro atoms. The van der Waals surface area contributed by atoms with E-state index in [9.17, 15) is 14.4 Å². The Morgan fingerprint density at radius 1 is 1.28 bits per heavy atom. The maximum Gasteiger partial charge on any atom is 0.254 e. The number of piperazine rings is 1. The minimum atomic E-state index is -0.223. The highest BCUT2D eigenvalue weighted by Crippen LogP contribution is 2.29. The lowest BCUT2D eigenvalue weighted by molar-refractivity contribution is -0.123. The lowest BCUT2D eigenvalue weighted by atomic mass is 10.1. The van der Waals surface area contributed by atoms with E-state index >= 15 is 0 Å². The fourth-order valence-electron chi connectivity index (χ4n) is 3.40. The lowest BCUT2D eigenvalue weighted by Gasteiger charge is -2.34. The number of benzene rings is 1. The van der Waals surface area contributed by atoms with Crippen molar-refractivity contribution in [2.24, 2.45) is 0 Å². The molecule has 3 amide bonds. The second-order valence-corrected chi connectivity index (χ2v) is 6.60. The van der Waals surface area contributed by atoms with Gasteiger partial charge in [0.15, 0.2) is 0 Å². The number of amides is 3. The van der Waals surface area contributed by atoms with Gasteiger partial charge in [0.1, 0.15) is 0 Å². The topological polar surface area (TPSA) is 81.8 Å². The number of fused-ring (bicyclic) bond motifs is 1. The summed E-state index contributed by atoms with van der Waals surface area (Å²) in [4.78, 5) is 39.6. The molecule has 0 aromatic heterocycles. The van der Waals surface area contributed by atoms with Gasteiger partial charge in [0.25, 0.3) is 5.91 Å². The molecule has 0 saturated carbocycles. The summed E-state index contributed by atoms with van der Waals surface area (Å²) in [6, 6.07) is 5.71. The summed E-state index contributed by atoms with van der Waals surface area (Å²) >= 11 is 0. The predicted octanol–water partition coefficient (Wildman–Crippen LogP) is 0.146. The van der Waals surface area contributed by atoms with E-state index in [1.165, 1.54) is 6.92 Å². The molecule has 0 bridgehead atoms. The molecule has 134 valence electrons. The van der Waals surface area contributed by atoms with Gasteiger partial charge >= 0.3 is 0 Å². The van der Waals surface area contributed by atoms with Crippen LogP contribution in [-0.4, -0.2) is 61.4 Å². The van der Waals surface area contributed by atoms with Crippen LogP contribution in [0.1, 0.15) is 29.8 Å². The van der Waals surface area contributed by atoms with Crippen molar-refractivity contribution in [3.8, 4) is 0 Å². The molecule has 1 aromatic carbocycles. The molecule has 7 nitrogen and oxygen atoms in total. The summed E-state index contributed by atoms with van der Waals surface area (Å²) < 4.78 is 0. The Kier molecular flexibility index (Phi) is 5.03. The van der Waals surface area contributed by atoms with E-state index in [1.807, 2.05) is 24.0 Å². The Morgan fingerprint density at radius 2 is 2.08 bits per heavy atom. The Morgan fingerprint density at radius 3 is 2.80 bits per heavy atom. The van der Waals surface area contributed by atoms with Crippen LogP contribution in [0.5, 0.6) is 0 Å². The van der Waals surface area contributed by atoms with Crippen LogP contribution < -0.4 is 15.5 Å². The first-order valence-corrected chi connectivity index (χ1v) is 8.67. The number of nitrogens with one attached hydrogen (secondary N) is 2. The average Bonchev–Trinajstić information content (AvgIpc) is 3.02. The fraction of sp³-hybridized carbons (Fsp3) is 0.500. The molecular formula is C18H24N4O3. The highest BCUT2D eigenvalue weighted by atomic mass is 16.2. The third kappa shape index (κ3) is 3.66. The largest absolute Gasteiger partial charge is 0.347 e. The van der Waals surface area contributed by atoms with E-state index in [2.05, 4.69) is 10.6 Å². The summed E-state index contributed by atoms with van der Waals surface area (Å²) in [5, 5.41) is 5.82. The summed E-state index contributed by atoms with van der Waals surface area (Å²) in [6.07, 6.45) is 0.722. The van der Waals surface area contributed by atoms with Crippen LogP contribution >= 0.6 is 0 Å². The standard InChI is InChI=1S/C18H24N4O3/c1-12-10-19-6-8-21(12)18(25)15-3-4-16-14(9-15)5-7-22(16)17(24)11-20-13(2)23/h3-4,9,12,19H,5-8,10-11H2,1-2H3,(H,20,23)/t12-/m1/s1. The number of anilines is 1. The fourth-order valence-corrected chi connectivity index (χ4v) is 3.40. The van der Waals surface area contributed by atoms with Gasteiger partial charge in [-0.3, -0.25) is 14.4 Å². The molecule has 7 heteroatoms. The van der Waals surface area contributed by atoms with Crippen LogP contribution in [0.25, 0.3) is 0 Å². The third-order valence-electron chi connectivity index (χ3n) is 4.77. The summed E-state index contributed by atoms with van der Waals surface area (Å²) in [6.45, 7) is 6.33. The smallest absolute Gasteiger partial charge is 0.254 e. The maximum absolute atomic E-state index is 12.8. The number of carbonyl (C=O) groups is 3. The van der Waals surface area contributed by atoms with Gasteiger partial charge in [0, 0.05) is 50.4 Å². The predicted molar refractivity (Wildman–Crippen MR) is 94.6 cm³/mol. The van der Waals surface area contributed by atoms with Gasteiger partial charge < -0.3 is 20.4 Å². The van der Waals surface area contributed by atoms with Crippen molar-refractivity contribution in [3.05, 3.63) is 29.3 Å². The van der Waals surface area contributed by atoms with Crippen LogP contribution in [0.3, 0.4) is 0 Å². The maximum atomic E-state index is 12.8. The first-order chi connectivity index (χ1) is 12.0. The van der Waals surface area contributed by atoms with E-state index in [4.69, 9.17) is 0 Å². The average molecular weight is 344 g/mol. The van der Waals surface area contributed by atoms with Crippen molar-refractivity contribution in [2.75, 3.05) is 37.6 Å². The molecule has 0 radical (unpaired) electrons. The van der Waals surface area contributed by atoms with E-state index in [0.29, 0.717) is 18.7 Å². The van der Waals surface area contributed by atoms with E-state index in [-0.39, 0.29) is 30.3 Å². The second-order valence-electron chi connectivity index (χ2n) is 6.60. The third-order valence-corrected chi connectivity index (χ3v) is 4.77. The minimum Gasteiger partial charge on any atom is -0.347 e. The molecular weight excluding hydrogens is 320 g/mol. The molecule has 2 N–H and O–H groups in total. The van der Waals surface area contributed by atoms with Crippen molar-refractivity contribution in [1.29, 1.82) is 0 Å². The second kappa shape index (κ2) is 7.23. The highest BCUT2D eigenvalue weighted by Gasteiger charge is 2.28. The van der Waals surface area contributed by atoms with Crippen LogP contribution in [0.2, 0.25) is 0 Å². The molecule has 1 fully saturated rings. The van der Waals surface area contributed by atoms with Crippen molar-refractivity contribution in [3.63, 3.8) is 0 Å². The first-order valence-electron chi connectivity index (χ1n) is 8.67. The van der Waals surface area contributed by atoms with Gasteiger partial charge in [-0.25, -0.2) is 0 Å². The molecule has 1 saturated heterocycles. The zero-order valence-corrected chi connectivity index (χ0v) is 14.7.